The summed E-state index contributed by atoms with van der Waals surface area (Å²) in [6.07, 6.45) is 1.98. The molecule has 0 unspecified atom stereocenters. The molecule has 1 heterocycles. The van der Waals surface area contributed by atoms with Gasteiger partial charge in [-0.05, 0) is 87.9 Å². The Bertz CT molecular complexity index is 1610. The van der Waals surface area contributed by atoms with Crippen LogP contribution in [0.2, 0.25) is 0 Å². The van der Waals surface area contributed by atoms with Crippen molar-refractivity contribution in [2.45, 2.75) is 79.1 Å². The van der Waals surface area contributed by atoms with E-state index in [1.165, 1.54) is 44.8 Å². The third-order valence-electron chi connectivity index (χ3n) is 8.22. The molecule has 0 saturated carbocycles. The lowest BCUT2D eigenvalue weighted by atomic mass is 9.85. The van der Waals surface area contributed by atoms with Gasteiger partial charge in [-0.2, -0.15) is 0 Å². The molecule has 0 radical (unpaired) electrons. The monoisotopic (exact) mass is 556 g/mol. The van der Waals surface area contributed by atoms with Gasteiger partial charge in [0, 0.05) is 6.42 Å². The maximum atomic E-state index is 5.25. The molecule has 5 rings (SSSR count). The first-order valence-electron chi connectivity index (χ1n) is 15.3. The highest BCUT2D eigenvalue weighted by Crippen LogP contribution is 2.33. The van der Waals surface area contributed by atoms with E-state index >= 15 is 0 Å². The first kappa shape index (κ1) is 29.5. The summed E-state index contributed by atoms with van der Waals surface area (Å²) in [5.41, 5.74) is 11.2. The van der Waals surface area contributed by atoms with Crippen molar-refractivity contribution in [2.24, 2.45) is 7.05 Å². The summed E-state index contributed by atoms with van der Waals surface area (Å²) in [4.78, 5) is 0. The lowest BCUT2D eigenvalue weighted by Crippen LogP contribution is -2.34. The molecule has 0 aliphatic rings. The predicted octanol–water partition coefficient (Wildman–Crippen LogP) is 9.55. The minimum absolute atomic E-state index is 0.116. The molecule has 1 aromatic heterocycles. The second kappa shape index (κ2) is 11.4. The van der Waals surface area contributed by atoms with Crippen molar-refractivity contribution in [3.63, 3.8) is 0 Å². The van der Waals surface area contributed by atoms with Gasteiger partial charge < -0.3 is 0 Å². The summed E-state index contributed by atoms with van der Waals surface area (Å²) in [5.74, 6) is 2.18. The molecule has 3 heteroatoms. The predicted molar refractivity (Wildman–Crippen MR) is 177 cm³/mol. The van der Waals surface area contributed by atoms with Crippen LogP contribution in [0.25, 0.3) is 39.3 Å². The second-order valence-corrected chi connectivity index (χ2v) is 13.8. The SMILES string of the molecule is CCCc1n(-c2cc(-c3ccc(C(C)(C)C)cc3)cc(-c3ccc(C(C)(C)C)cc3)c2)nc(-c2cccc(C)c2)[n+]1C. The fourth-order valence-electron chi connectivity index (χ4n) is 5.62. The van der Waals surface area contributed by atoms with Gasteiger partial charge in [-0.3, -0.25) is 0 Å². The van der Waals surface area contributed by atoms with Crippen molar-refractivity contribution in [1.82, 2.24) is 9.78 Å². The Morgan fingerprint density at radius 1 is 0.643 bits per heavy atom. The molecule has 3 nitrogen and oxygen atoms in total. The Balaban J connectivity index is 1.70. The van der Waals surface area contributed by atoms with Gasteiger partial charge in [0.25, 0.3) is 0 Å². The van der Waals surface area contributed by atoms with E-state index in [0.717, 1.165) is 29.9 Å². The lowest BCUT2D eigenvalue weighted by molar-refractivity contribution is -0.668. The van der Waals surface area contributed by atoms with E-state index in [-0.39, 0.29) is 10.8 Å². The van der Waals surface area contributed by atoms with Gasteiger partial charge in [-0.15, -0.1) is 0 Å². The van der Waals surface area contributed by atoms with Crippen molar-refractivity contribution in [1.29, 1.82) is 0 Å². The lowest BCUT2D eigenvalue weighted by Gasteiger charge is -2.20. The molecular formula is C39H46N3+. The van der Waals surface area contributed by atoms with Crippen LogP contribution in [0.1, 0.15) is 77.4 Å². The number of hydrogen-bond acceptors (Lipinski definition) is 1. The molecular weight excluding hydrogens is 510 g/mol. The number of aryl methyl sites for hydroxylation is 1. The zero-order valence-electron chi connectivity index (χ0n) is 26.9. The highest BCUT2D eigenvalue weighted by Gasteiger charge is 2.26. The van der Waals surface area contributed by atoms with Crippen molar-refractivity contribution in [2.75, 3.05) is 0 Å². The topological polar surface area (TPSA) is 21.7 Å². The Labute approximate surface area is 252 Å². The highest BCUT2D eigenvalue weighted by molar-refractivity contribution is 5.76. The van der Waals surface area contributed by atoms with Gasteiger partial charge in [0.15, 0.2) is 0 Å². The van der Waals surface area contributed by atoms with Crippen molar-refractivity contribution < 1.29 is 4.57 Å². The minimum Gasteiger partial charge on any atom is -0.230 e. The molecule has 5 aromatic rings. The molecule has 0 N–H and O–H groups in total. The molecule has 0 bridgehead atoms. The zero-order chi connectivity index (χ0) is 30.2. The van der Waals surface area contributed by atoms with Gasteiger partial charge in [0.2, 0.25) is 5.82 Å². The fourth-order valence-corrected chi connectivity index (χ4v) is 5.62. The molecule has 0 atom stereocenters. The normalized spacial score (nSPS) is 12.1. The zero-order valence-corrected chi connectivity index (χ0v) is 26.9. The maximum Gasteiger partial charge on any atom is 0.309 e. The molecule has 0 fully saturated rings. The molecule has 0 aliphatic heterocycles. The number of hydrogen-bond donors (Lipinski definition) is 0. The van der Waals surface area contributed by atoms with Gasteiger partial charge in [-0.25, -0.2) is 4.57 Å². The van der Waals surface area contributed by atoms with E-state index in [2.05, 4.69) is 163 Å². The third-order valence-corrected chi connectivity index (χ3v) is 8.22. The summed E-state index contributed by atoms with van der Waals surface area (Å²) in [7, 11) is 2.15. The minimum atomic E-state index is 0.116. The second-order valence-electron chi connectivity index (χ2n) is 13.8. The standard InChI is InChI=1S/C39H46N3/c1-10-12-36-41(9)37(30-14-11-13-27(2)23-30)40-42(36)35-25-31(28-15-19-33(20-16-28)38(3,4)5)24-32(26-35)29-17-21-34(22-18-29)39(6,7)8/h11,13-26H,10,12H2,1-9H3/q+1. The summed E-state index contributed by atoms with van der Waals surface area (Å²) >= 11 is 0. The van der Waals surface area contributed by atoms with Gasteiger partial charge in [-0.1, -0.05) is 119 Å². The third kappa shape index (κ3) is 6.11. The van der Waals surface area contributed by atoms with Crippen LogP contribution >= 0.6 is 0 Å². The quantitative estimate of drug-likeness (QED) is 0.191. The smallest absolute Gasteiger partial charge is 0.230 e. The summed E-state index contributed by atoms with van der Waals surface area (Å²) in [6.45, 7) is 18.0. The average Bonchev–Trinajstić information content (AvgIpc) is 3.28. The maximum absolute atomic E-state index is 5.25. The van der Waals surface area contributed by atoms with Crippen LogP contribution in [-0.2, 0) is 24.3 Å². The van der Waals surface area contributed by atoms with E-state index in [4.69, 9.17) is 5.10 Å². The summed E-state index contributed by atoms with van der Waals surface area (Å²) < 4.78 is 4.43. The molecule has 42 heavy (non-hydrogen) atoms. The Morgan fingerprint density at radius 2 is 1.17 bits per heavy atom. The van der Waals surface area contributed by atoms with Crippen LogP contribution in [0.5, 0.6) is 0 Å². The van der Waals surface area contributed by atoms with Gasteiger partial charge >= 0.3 is 5.82 Å². The summed E-state index contributed by atoms with van der Waals surface area (Å²) in [6, 6.07) is 33.7. The molecule has 4 aromatic carbocycles. The van der Waals surface area contributed by atoms with Gasteiger partial charge in [0.1, 0.15) is 5.69 Å². The number of aromatic nitrogens is 3. The Kier molecular flexibility index (Phi) is 7.98. The van der Waals surface area contributed by atoms with Crippen molar-refractivity contribution in [3.05, 3.63) is 114 Å². The van der Waals surface area contributed by atoms with E-state index in [1.807, 2.05) is 0 Å². The fraction of sp³-hybridized carbons (Fsp3) is 0.333. The molecule has 0 spiro atoms. The van der Waals surface area contributed by atoms with E-state index in [1.54, 1.807) is 0 Å². The highest BCUT2D eigenvalue weighted by atomic mass is 15.4. The number of rotatable bonds is 6. The largest absolute Gasteiger partial charge is 0.309 e. The van der Waals surface area contributed by atoms with Crippen LogP contribution in [0.3, 0.4) is 0 Å². The molecule has 0 amide bonds. The first-order valence-corrected chi connectivity index (χ1v) is 15.3. The molecule has 216 valence electrons. The molecule has 0 saturated heterocycles. The van der Waals surface area contributed by atoms with Crippen LogP contribution in [-0.4, -0.2) is 9.78 Å². The Hall–Kier alpha value is -3.98. The Morgan fingerprint density at radius 3 is 1.62 bits per heavy atom. The van der Waals surface area contributed by atoms with E-state index in [0.29, 0.717) is 0 Å². The van der Waals surface area contributed by atoms with Crippen LogP contribution in [0.15, 0.2) is 91.0 Å². The average molecular weight is 557 g/mol. The first-order chi connectivity index (χ1) is 19.8. The number of nitrogens with zero attached hydrogens (tertiary/aromatic N) is 3. The van der Waals surface area contributed by atoms with Crippen molar-refractivity contribution in [3.8, 4) is 39.3 Å². The van der Waals surface area contributed by atoms with Crippen LogP contribution in [0.4, 0.5) is 0 Å². The van der Waals surface area contributed by atoms with Crippen molar-refractivity contribution >= 4 is 0 Å². The van der Waals surface area contributed by atoms with Crippen LogP contribution in [0, 0.1) is 6.92 Å². The van der Waals surface area contributed by atoms with Crippen LogP contribution < -0.4 is 4.57 Å². The van der Waals surface area contributed by atoms with E-state index in [9.17, 15) is 0 Å². The van der Waals surface area contributed by atoms with E-state index < -0.39 is 0 Å². The number of benzene rings is 4. The summed E-state index contributed by atoms with van der Waals surface area (Å²) in [5, 5.41) is 5.25. The molecule has 0 aliphatic carbocycles. The van der Waals surface area contributed by atoms with Gasteiger partial charge in [0.05, 0.1) is 17.7 Å².